The van der Waals surface area contributed by atoms with Gasteiger partial charge in [-0.25, -0.2) is 4.39 Å². The van der Waals surface area contributed by atoms with Crippen molar-refractivity contribution in [2.45, 2.75) is 26.4 Å². The average molecular weight is 325 g/mol. The number of aryl methyl sites for hydroxylation is 1. The van der Waals surface area contributed by atoms with E-state index in [1.807, 2.05) is 32.2 Å². The molecule has 0 aliphatic rings. The summed E-state index contributed by atoms with van der Waals surface area (Å²) >= 11 is 0. The molecule has 0 N–H and O–H groups in total. The van der Waals surface area contributed by atoms with Crippen molar-refractivity contribution >= 4 is 0 Å². The van der Waals surface area contributed by atoms with Gasteiger partial charge < -0.3 is 4.52 Å². The molecule has 5 heteroatoms. The Morgan fingerprint density at radius 2 is 1.92 bits per heavy atom. The topological polar surface area (TPSA) is 42.2 Å². The summed E-state index contributed by atoms with van der Waals surface area (Å²) in [5.41, 5.74) is 2.54. The maximum Gasteiger partial charge on any atom is 0.244 e. The lowest BCUT2D eigenvalue weighted by Crippen LogP contribution is -2.22. The zero-order valence-corrected chi connectivity index (χ0v) is 14.0. The molecule has 1 unspecified atom stereocenters. The van der Waals surface area contributed by atoms with Gasteiger partial charge in [-0.2, -0.15) is 4.98 Å². The van der Waals surface area contributed by atoms with Crippen LogP contribution >= 0.6 is 0 Å². The van der Waals surface area contributed by atoms with Crippen molar-refractivity contribution in [1.82, 2.24) is 15.0 Å². The second kappa shape index (κ2) is 6.93. The van der Waals surface area contributed by atoms with Crippen LogP contribution in [0.4, 0.5) is 4.39 Å². The normalized spacial score (nSPS) is 12.5. The maximum absolute atomic E-state index is 13.4. The van der Waals surface area contributed by atoms with Crippen LogP contribution in [0.25, 0.3) is 11.4 Å². The van der Waals surface area contributed by atoms with Gasteiger partial charge in [0.15, 0.2) is 0 Å². The monoisotopic (exact) mass is 325 g/mol. The minimum Gasteiger partial charge on any atom is -0.337 e. The zero-order valence-electron chi connectivity index (χ0n) is 14.0. The Bertz CT molecular complexity index is 816. The second-order valence-corrected chi connectivity index (χ2v) is 6.00. The van der Waals surface area contributed by atoms with E-state index in [9.17, 15) is 4.39 Å². The zero-order chi connectivity index (χ0) is 17.1. The van der Waals surface area contributed by atoms with Crippen molar-refractivity contribution in [3.63, 3.8) is 0 Å². The van der Waals surface area contributed by atoms with E-state index in [-0.39, 0.29) is 11.9 Å². The lowest BCUT2D eigenvalue weighted by molar-refractivity contribution is 0.202. The molecule has 3 aromatic rings. The molecular weight excluding hydrogens is 305 g/mol. The summed E-state index contributed by atoms with van der Waals surface area (Å²) in [5.74, 6) is 0.789. The van der Waals surface area contributed by atoms with E-state index in [0.29, 0.717) is 17.3 Å². The van der Waals surface area contributed by atoms with E-state index in [2.05, 4.69) is 27.2 Å². The molecule has 0 bridgehead atoms. The average Bonchev–Trinajstić information content (AvgIpc) is 3.07. The van der Waals surface area contributed by atoms with Crippen LogP contribution in [0.5, 0.6) is 0 Å². The lowest BCUT2D eigenvalue weighted by Gasteiger charge is -2.21. The van der Waals surface area contributed by atoms with Crippen LogP contribution < -0.4 is 0 Å². The van der Waals surface area contributed by atoms with Crippen molar-refractivity contribution in [2.75, 3.05) is 7.05 Å². The minimum atomic E-state index is -0.238. The van der Waals surface area contributed by atoms with Crippen molar-refractivity contribution in [3.8, 4) is 11.4 Å². The van der Waals surface area contributed by atoms with Crippen molar-refractivity contribution in [2.24, 2.45) is 0 Å². The van der Waals surface area contributed by atoms with Crippen LogP contribution in [-0.2, 0) is 6.54 Å². The van der Waals surface area contributed by atoms with Crippen LogP contribution in [0.3, 0.4) is 0 Å². The predicted molar refractivity (Wildman–Crippen MR) is 90.8 cm³/mol. The Balaban J connectivity index is 1.75. The molecule has 24 heavy (non-hydrogen) atoms. The van der Waals surface area contributed by atoms with Gasteiger partial charge in [0.2, 0.25) is 11.7 Å². The highest BCUT2D eigenvalue weighted by Gasteiger charge is 2.19. The third-order valence-corrected chi connectivity index (χ3v) is 4.15. The number of aromatic nitrogens is 2. The van der Waals surface area contributed by atoms with Gasteiger partial charge in [-0.1, -0.05) is 35.5 Å². The number of benzene rings is 2. The van der Waals surface area contributed by atoms with Crippen molar-refractivity contribution < 1.29 is 8.91 Å². The molecule has 0 amide bonds. The number of hydrogen-bond donors (Lipinski definition) is 0. The first kappa shape index (κ1) is 16.3. The largest absolute Gasteiger partial charge is 0.337 e. The summed E-state index contributed by atoms with van der Waals surface area (Å²) in [7, 11) is 2.02. The molecule has 0 aliphatic heterocycles. The first-order valence-electron chi connectivity index (χ1n) is 7.89. The summed E-state index contributed by atoms with van der Waals surface area (Å²) in [6.45, 7) is 4.53. The molecule has 0 fully saturated rings. The Kier molecular flexibility index (Phi) is 4.71. The summed E-state index contributed by atoms with van der Waals surface area (Å²) in [5, 5.41) is 4.03. The van der Waals surface area contributed by atoms with E-state index in [1.165, 1.54) is 11.6 Å². The quantitative estimate of drug-likeness (QED) is 0.698. The summed E-state index contributed by atoms with van der Waals surface area (Å²) < 4.78 is 18.8. The van der Waals surface area contributed by atoms with Gasteiger partial charge in [0.05, 0.1) is 6.04 Å². The molecular formula is C19H20FN3O. The van der Waals surface area contributed by atoms with Crippen molar-refractivity contribution in [3.05, 3.63) is 71.4 Å². The standard InChI is InChI=1S/C19H20FN3O/c1-13-11-16(9-10-17(13)20)18-21-19(24-22-18)14(2)23(3)12-15-7-5-4-6-8-15/h4-11,14H,12H2,1-3H3. The van der Waals surface area contributed by atoms with Gasteiger partial charge in [0.1, 0.15) is 5.82 Å². The molecule has 2 aromatic carbocycles. The highest BCUT2D eigenvalue weighted by atomic mass is 19.1. The van der Waals surface area contributed by atoms with Gasteiger partial charge in [-0.15, -0.1) is 0 Å². The van der Waals surface area contributed by atoms with Crippen LogP contribution in [0.15, 0.2) is 53.1 Å². The highest BCUT2D eigenvalue weighted by Crippen LogP contribution is 2.24. The number of rotatable bonds is 5. The summed E-state index contributed by atoms with van der Waals surface area (Å²) in [6, 6.07) is 15.0. The van der Waals surface area contributed by atoms with Gasteiger partial charge in [-0.3, -0.25) is 4.90 Å². The summed E-state index contributed by atoms with van der Waals surface area (Å²) in [4.78, 5) is 6.61. The second-order valence-electron chi connectivity index (χ2n) is 6.00. The van der Waals surface area contributed by atoms with E-state index in [4.69, 9.17) is 4.52 Å². The molecule has 3 rings (SSSR count). The fourth-order valence-electron chi connectivity index (χ4n) is 2.50. The molecule has 0 saturated heterocycles. The lowest BCUT2D eigenvalue weighted by atomic mass is 10.1. The molecule has 0 spiro atoms. The van der Waals surface area contributed by atoms with E-state index in [1.54, 1.807) is 19.1 Å². The Morgan fingerprint density at radius 1 is 1.17 bits per heavy atom. The SMILES string of the molecule is Cc1cc(-c2noc(C(C)N(C)Cc3ccccc3)n2)ccc1F. The molecule has 0 saturated carbocycles. The van der Waals surface area contributed by atoms with Crippen LogP contribution in [0, 0.1) is 12.7 Å². The predicted octanol–water partition coefficient (Wildman–Crippen LogP) is 4.38. The molecule has 0 aliphatic carbocycles. The highest BCUT2D eigenvalue weighted by molar-refractivity contribution is 5.55. The smallest absolute Gasteiger partial charge is 0.244 e. The Morgan fingerprint density at radius 3 is 2.62 bits per heavy atom. The fourth-order valence-corrected chi connectivity index (χ4v) is 2.50. The molecule has 1 atom stereocenters. The van der Waals surface area contributed by atoms with Crippen LogP contribution in [-0.4, -0.2) is 22.1 Å². The number of nitrogens with zero attached hydrogens (tertiary/aromatic N) is 3. The van der Waals surface area contributed by atoms with Crippen molar-refractivity contribution in [1.29, 1.82) is 0 Å². The van der Waals surface area contributed by atoms with Crippen LogP contribution in [0.1, 0.15) is 30.0 Å². The van der Waals surface area contributed by atoms with Gasteiger partial charge >= 0.3 is 0 Å². The van der Waals surface area contributed by atoms with E-state index >= 15 is 0 Å². The molecule has 0 radical (unpaired) electrons. The third kappa shape index (κ3) is 3.51. The first-order chi connectivity index (χ1) is 11.5. The summed E-state index contributed by atoms with van der Waals surface area (Å²) in [6.07, 6.45) is 0. The van der Waals surface area contributed by atoms with E-state index in [0.717, 1.165) is 12.1 Å². The van der Waals surface area contributed by atoms with Gasteiger partial charge in [0.25, 0.3) is 0 Å². The molecule has 1 heterocycles. The first-order valence-corrected chi connectivity index (χ1v) is 7.89. The molecule has 4 nitrogen and oxygen atoms in total. The number of halogens is 1. The Labute approximate surface area is 140 Å². The van der Waals surface area contributed by atoms with Crippen LogP contribution in [0.2, 0.25) is 0 Å². The molecule has 124 valence electrons. The third-order valence-electron chi connectivity index (χ3n) is 4.15. The fraction of sp³-hybridized carbons (Fsp3) is 0.263. The minimum absolute atomic E-state index is 0.0204. The maximum atomic E-state index is 13.4. The van der Waals surface area contributed by atoms with E-state index < -0.39 is 0 Å². The molecule has 1 aromatic heterocycles. The number of hydrogen-bond acceptors (Lipinski definition) is 4. The Hall–Kier alpha value is -2.53. The van der Waals surface area contributed by atoms with Gasteiger partial charge in [-0.05, 0) is 50.2 Å². The van der Waals surface area contributed by atoms with Gasteiger partial charge in [0, 0.05) is 12.1 Å².